The molecule has 2 unspecified atom stereocenters. The van der Waals surface area contributed by atoms with Gasteiger partial charge in [0.1, 0.15) is 11.6 Å². The third kappa shape index (κ3) is 9.46. The van der Waals surface area contributed by atoms with E-state index in [0.717, 1.165) is 24.5 Å². The molecule has 272 valence electrons. The number of amides is 1. The minimum absolute atomic E-state index is 0.00786. The highest BCUT2D eigenvalue weighted by molar-refractivity contribution is 7.89. The summed E-state index contributed by atoms with van der Waals surface area (Å²) in [7, 11) is -1.13. The molecule has 12 heteroatoms. The standard InChI is InChI=1S/C38H48F2N2O7S/c1-6-12-41(13-7-2)38(45)30-16-25(3)15-28(20-30)34(43)21-29(17-26-18-31(39)22-32(40)19-26)37(44)27-9-8-14-42(24-27)50(46,47)33-10-11-35(48-4)36(23-33)49-5/h10-11,15-16,18-20,22-23,27,29,37,44H,6-9,12-14,17,21,24H2,1-5H3/t27?,29?,37-/m1/s1. The molecule has 1 saturated heterocycles. The Kier molecular flexibility index (Phi) is 13.5. The first-order valence-electron chi connectivity index (χ1n) is 17.1. The maximum atomic E-state index is 14.3. The van der Waals surface area contributed by atoms with E-state index in [1.807, 2.05) is 13.8 Å². The van der Waals surface area contributed by atoms with Gasteiger partial charge in [-0.2, -0.15) is 4.31 Å². The molecule has 3 aromatic rings. The van der Waals surface area contributed by atoms with Crippen LogP contribution in [0, 0.1) is 30.4 Å². The van der Waals surface area contributed by atoms with Crippen LogP contribution in [-0.4, -0.2) is 80.9 Å². The highest BCUT2D eigenvalue weighted by atomic mass is 32.2. The van der Waals surface area contributed by atoms with E-state index in [0.29, 0.717) is 42.8 Å². The van der Waals surface area contributed by atoms with Gasteiger partial charge in [-0.25, -0.2) is 17.2 Å². The van der Waals surface area contributed by atoms with Crippen molar-refractivity contribution < 1.29 is 41.4 Å². The number of aryl methyl sites for hydroxylation is 1. The van der Waals surface area contributed by atoms with Gasteiger partial charge in [0.25, 0.3) is 5.91 Å². The number of carbonyl (C=O) groups is 2. The molecular weight excluding hydrogens is 666 g/mol. The number of halogens is 2. The number of carbonyl (C=O) groups excluding carboxylic acids is 2. The number of methoxy groups -OCH3 is 2. The van der Waals surface area contributed by atoms with Gasteiger partial charge in [0.2, 0.25) is 10.0 Å². The van der Waals surface area contributed by atoms with Gasteiger partial charge in [0, 0.05) is 55.9 Å². The van der Waals surface area contributed by atoms with Crippen molar-refractivity contribution in [3.05, 3.63) is 88.5 Å². The van der Waals surface area contributed by atoms with Crippen LogP contribution in [0.5, 0.6) is 11.5 Å². The lowest BCUT2D eigenvalue weighted by Crippen LogP contribution is -2.46. The van der Waals surface area contributed by atoms with Crippen LogP contribution in [0.2, 0.25) is 0 Å². The fourth-order valence-corrected chi connectivity index (χ4v) is 8.34. The maximum Gasteiger partial charge on any atom is 0.253 e. The van der Waals surface area contributed by atoms with Crippen LogP contribution >= 0.6 is 0 Å². The zero-order valence-electron chi connectivity index (χ0n) is 29.5. The number of Topliss-reactive ketones (excluding diaryl/α,β-unsaturated/α-hetero) is 1. The number of aliphatic hydroxyl groups is 1. The largest absolute Gasteiger partial charge is 0.493 e. The number of benzene rings is 3. The number of rotatable bonds is 16. The molecule has 9 nitrogen and oxygen atoms in total. The Balaban J connectivity index is 1.63. The first kappa shape index (κ1) is 38.9. The molecule has 0 aromatic heterocycles. The van der Waals surface area contributed by atoms with Crippen LogP contribution in [0.1, 0.15) is 77.8 Å². The first-order chi connectivity index (χ1) is 23.8. The van der Waals surface area contributed by atoms with E-state index in [2.05, 4.69) is 0 Å². The smallest absolute Gasteiger partial charge is 0.253 e. The average Bonchev–Trinajstić information content (AvgIpc) is 3.09. The van der Waals surface area contributed by atoms with Gasteiger partial charge >= 0.3 is 0 Å². The predicted molar refractivity (Wildman–Crippen MR) is 187 cm³/mol. The molecule has 0 bridgehead atoms. The van der Waals surface area contributed by atoms with E-state index in [9.17, 15) is 31.9 Å². The van der Waals surface area contributed by atoms with Crippen molar-refractivity contribution in [3.8, 4) is 11.5 Å². The molecule has 4 rings (SSSR count). The second-order valence-corrected chi connectivity index (χ2v) is 15.0. The zero-order chi connectivity index (χ0) is 36.6. The molecule has 3 atom stereocenters. The van der Waals surface area contributed by atoms with Crippen LogP contribution in [0.4, 0.5) is 8.78 Å². The molecule has 0 saturated carbocycles. The third-order valence-electron chi connectivity index (χ3n) is 9.17. The third-order valence-corrected chi connectivity index (χ3v) is 11.0. The van der Waals surface area contributed by atoms with Crippen molar-refractivity contribution in [2.24, 2.45) is 11.8 Å². The quantitative estimate of drug-likeness (QED) is 0.170. The summed E-state index contributed by atoms with van der Waals surface area (Å²) in [5, 5.41) is 11.9. The van der Waals surface area contributed by atoms with Gasteiger partial charge in [0.05, 0.1) is 25.2 Å². The number of ketones is 1. The SMILES string of the molecule is CCCN(CCC)C(=O)c1cc(C)cc(C(=O)CC(Cc2cc(F)cc(F)c2)[C@H](O)C2CCCN(S(=O)(=O)c3ccc(OC)c(OC)c3)C2)c1. The van der Waals surface area contributed by atoms with Crippen LogP contribution in [0.3, 0.4) is 0 Å². The van der Waals surface area contributed by atoms with Crippen molar-refractivity contribution in [1.29, 1.82) is 0 Å². The van der Waals surface area contributed by atoms with E-state index in [1.165, 1.54) is 48.9 Å². The van der Waals surface area contributed by atoms with Gasteiger partial charge in [-0.15, -0.1) is 0 Å². The van der Waals surface area contributed by atoms with Gasteiger partial charge < -0.3 is 19.5 Å². The molecule has 1 amide bonds. The Labute approximate surface area is 294 Å². The summed E-state index contributed by atoms with van der Waals surface area (Å²) < 4.78 is 67.9. The molecule has 1 aliphatic heterocycles. The van der Waals surface area contributed by atoms with Crippen molar-refractivity contribution in [2.45, 2.75) is 70.3 Å². The van der Waals surface area contributed by atoms with E-state index in [1.54, 1.807) is 30.0 Å². The average molecular weight is 715 g/mol. The maximum absolute atomic E-state index is 14.3. The molecule has 0 radical (unpaired) electrons. The number of piperidine rings is 1. The zero-order valence-corrected chi connectivity index (χ0v) is 30.3. The second-order valence-electron chi connectivity index (χ2n) is 13.0. The van der Waals surface area contributed by atoms with E-state index in [-0.39, 0.29) is 53.8 Å². The summed E-state index contributed by atoms with van der Waals surface area (Å²) in [6, 6.07) is 12.4. The Bertz CT molecular complexity index is 1740. The minimum atomic E-state index is -4.00. The monoisotopic (exact) mass is 714 g/mol. The Morgan fingerprint density at radius 2 is 1.58 bits per heavy atom. The summed E-state index contributed by atoms with van der Waals surface area (Å²) in [4.78, 5) is 29.1. The van der Waals surface area contributed by atoms with E-state index >= 15 is 0 Å². The molecule has 0 aliphatic carbocycles. The van der Waals surface area contributed by atoms with Crippen molar-refractivity contribution in [1.82, 2.24) is 9.21 Å². The van der Waals surface area contributed by atoms with E-state index in [4.69, 9.17) is 9.47 Å². The van der Waals surface area contributed by atoms with Gasteiger partial charge in [-0.3, -0.25) is 9.59 Å². The summed E-state index contributed by atoms with van der Waals surface area (Å²) in [6.45, 7) is 7.17. The normalized spacial score (nSPS) is 16.4. The van der Waals surface area contributed by atoms with Gasteiger partial charge in [0.15, 0.2) is 17.3 Å². The van der Waals surface area contributed by atoms with Crippen molar-refractivity contribution >= 4 is 21.7 Å². The molecular formula is C38H48F2N2O7S. The molecule has 1 aliphatic rings. The highest BCUT2D eigenvalue weighted by Gasteiger charge is 2.37. The fraction of sp³-hybridized carbons (Fsp3) is 0.474. The molecule has 1 heterocycles. The topological polar surface area (TPSA) is 113 Å². The van der Waals surface area contributed by atoms with Crippen LogP contribution in [0.15, 0.2) is 59.5 Å². The Morgan fingerprint density at radius 3 is 2.20 bits per heavy atom. The van der Waals surface area contributed by atoms with Crippen molar-refractivity contribution in [2.75, 3.05) is 40.4 Å². The molecule has 0 spiro atoms. The lowest BCUT2D eigenvalue weighted by atomic mass is 9.79. The van der Waals surface area contributed by atoms with Gasteiger partial charge in [-0.05, 0) is 104 Å². The van der Waals surface area contributed by atoms with Gasteiger partial charge in [-0.1, -0.05) is 13.8 Å². The molecule has 50 heavy (non-hydrogen) atoms. The number of ether oxygens (including phenoxy) is 2. The minimum Gasteiger partial charge on any atom is -0.493 e. The summed E-state index contributed by atoms with van der Waals surface area (Å²) in [5.74, 6) is -2.82. The lowest BCUT2D eigenvalue weighted by Gasteiger charge is -2.37. The van der Waals surface area contributed by atoms with Crippen molar-refractivity contribution in [3.63, 3.8) is 0 Å². The van der Waals surface area contributed by atoms with E-state index < -0.39 is 39.6 Å². The predicted octanol–water partition coefficient (Wildman–Crippen LogP) is 6.45. The molecule has 1 N–H and O–H groups in total. The fourth-order valence-electron chi connectivity index (χ4n) is 6.79. The summed E-state index contributed by atoms with van der Waals surface area (Å²) in [6.07, 6.45) is 1.11. The van der Waals surface area contributed by atoms with Crippen LogP contribution in [0.25, 0.3) is 0 Å². The number of aliphatic hydroxyl groups excluding tert-OH is 1. The van der Waals surface area contributed by atoms with Crippen LogP contribution < -0.4 is 9.47 Å². The summed E-state index contributed by atoms with van der Waals surface area (Å²) >= 11 is 0. The number of hydrogen-bond donors (Lipinski definition) is 1. The van der Waals surface area contributed by atoms with Crippen LogP contribution in [-0.2, 0) is 16.4 Å². The molecule has 1 fully saturated rings. The Hall–Kier alpha value is -3.87. The number of sulfonamides is 1. The summed E-state index contributed by atoms with van der Waals surface area (Å²) in [5.41, 5.74) is 1.67. The molecule has 3 aromatic carbocycles. The second kappa shape index (κ2) is 17.4. The highest BCUT2D eigenvalue weighted by Crippen LogP contribution is 2.34. The number of nitrogens with zero attached hydrogens (tertiary/aromatic N) is 2. The lowest BCUT2D eigenvalue weighted by molar-refractivity contribution is 0.0231. The number of hydrogen-bond acceptors (Lipinski definition) is 7. The Morgan fingerprint density at radius 1 is 0.940 bits per heavy atom. The first-order valence-corrected chi connectivity index (χ1v) is 18.5.